The molecule has 3 aromatic carbocycles. The molecule has 1 amide bonds. The van der Waals surface area contributed by atoms with E-state index < -0.39 is 0 Å². The average molecular weight is 413 g/mol. The van der Waals surface area contributed by atoms with Gasteiger partial charge in [-0.3, -0.25) is 4.79 Å². The predicted octanol–water partition coefficient (Wildman–Crippen LogP) is 5.12. The SMILES string of the molecule is COc1ccc(-c2nn(-c3ccccc3)cc2C(=O)Nc2cc(C)ccc2OC)cc1. The molecule has 0 radical (unpaired) electrons. The number of nitrogens with one attached hydrogen (secondary N) is 1. The van der Waals surface area contributed by atoms with Crippen LogP contribution in [0.1, 0.15) is 15.9 Å². The molecule has 156 valence electrons. The molecule has 0 saturated heterocycles. The van der Waals surface area contributed by atoms with Gasteiger partial charge in [0, 0.05) is 11.8 Å². The van der Waals surface area contributed by atoms with E-state index in [0.29, 0.717) is 22.7 Å². The number of amides is 1. The summed E-state index contributed by atoms with van der Waals surface area (Å²) < 4.78 is 12.4. The summed E-state index contributed by atoms with van der Waals surface area (Å²) in [4.78, 5) is 13.3. The number of aromatic nitrogens is 2. The molecule has 0 aliphatic carbocycles. The Morgan fingerprint density at radius 2 is 1.68 bits per heavy atom. The molecule has 0 unspecified atom stereocenters. The van der Waals surface area contributed by atoms with Gasteiger partial charge in [-0.15, -0.1) is 0 Å². The number of ether oxygens (including phenoxy) is 2. The van der Waals surface area contributed by atoms with Crippen molar-refractivity contribution in [3.05, 3.63) is 90.1 Å². The number of benzene rings is 3. The summed E-state index contributed by atoms with van der Waals surface area (Å²) in [7, 11) is 3.20. The lowest BCUT2D eigenvalue weighted by Crippen LogP contribution is -2.13. The summed E-state index contributed by atoms with van der Waals surface area (Å²) >= 11 is 0. The Kier molecular flexibility index (Phi) is 5.71. The highest BCUT2D eigenvalue weighted by Gasteiger charge is 2.20. The van der Waals surface area contributed by atoms with Gasteiger partial charge in [0.2, 0.25) is 0 Å². The Hall–Kier alpha value is -4.06. The normalized spacial score (nSPS) is 10.5. The molecule has 4 rings (SSSR count). The van der Waals surface area contributed by atoms with Crippen molar-refractivity contribution in [2.75, 3.05) is 19.5 Å². The van der Waals surface area contributed by atoms with Crippen molar-refractivity contribution in [3.8, 4) is 28.4 Å². The van der Waals surface area contributed by atoms with E-state index in [4.69, 9.17) is 14.6 Å². The van der Waals surface area contributed by atoms with Crippen LogP contribution in [0.25, 0.3) is 16.9 Å². The second-order valence-electron chi connectivity index (χ2n) is 7.06. The molecule has 0 fully saturated rings. The second-order valence-corrected chi connectivity index (χ2v) is 7.06. The van der Waals surface area contributed by atoms with Gasteiger partial charge in [-0.25, -0.2) is 4.68 Å². The molecule has 0 atom stereocenters. The number of aryl methyl sites for hydroxylation is 1. The minimum absolute atomic E-state index is 0.267. The number of para-hydroxylation sites is 1. The maximum Gasteiger partial charge on any atom is 0.259 e. The summed E-state index contributed by atoms with van der Waals surface area (Å²) in [5.74, 6) is 1.07. The highest BCUT2D eigenvalue weighted by Crippen LogP contribution is 2.29. The predicted molar refractivity (Wildman–Crippen MR) is 121 cm³/mol. The Balaban J connectivity index is 1.77. The van der Waals surface area contributed by atoms with Crippen molar-refractivity contribution in [2.45, 2.75) is 6.92 Å². The lowest BCUT2D eigenvalue weighted by molar-refractivity contribution is 0.102. The van der Waals surface area contributed by atoms with Gasteiger partial charge in [0.15, 0.2) is 0 Å². The van der Waals surface area contributed by atoms with Crippen LogP contribution in [0.2, 0.25) is 0 Å². The van der Waals surface area contributed by atoms with Crippen LogP contribution < -0.4 is 14.8 Å². The summed E-state index contributed by atoms with van der Waals surface area (Å²) in [5, 5.41) is 7.69. The van der Waals surface area contributed by atoms with Crippen LogP contribution in [0.4, 0.5) is 5.69 Å². The van der Waals surface area contributed by atoms with Crippen molar-refractivity contribution in [1.82, 2.24) is 9.78 Å². The first-order valence-electron chi connectivity index (χ1n) is 9.84. The summed E-state index contributed by atoms with van der Waals surface area (Å²) in [6.07, 6.45) is 1.74. The Labute approximate surface area is 181 Å². The monoisotopic (exact) mass is 413 g/mol. The molecule has 1 aromatic heterocycles. The quantitative estimate of drug-likeness (QED) is 0.477. The van der Waals surface area contributed by atoms with Gasteiger partial charge < -0.3 is 14.8 Å². The first-order valence-corrected chi connectivity index (χ1v) is 9.84. The van der Waals surface area contributed by atoms with Crippen molar-refractivity contribution in [3.63, 3.8) is 0 Å². The maximum atomic E-state index is 13.3. The lowest BCUT2D eigenvalue weighted by Gasteiger charge is -2.11. The van der Waals surface area contributed by atoms with Crippen molar-refractivity contribution >= 4 is 11.6 Å². The molecule has 0 aliphatic rings. The third-order valence-corrected chi connectivity index (χ3v) is 4.95. The first kappa shape index (κ1) is 20.2. The molecule has 6 heteroatoms. The standard InChI is InChI=1S/C25H23N3O3/c1-17-9-14-23(31-3)22(15-17)26-25(29)21-16-28(19-7-5-4-6-8-19)27-24(21)18-10-12-20(30-2)13-11-18/h4-16H,1-3H3,(H,26,29). The van der Waals surface area contributed by atoms with Gasteiger partial charge in [0.1, 0.15) is 17.2 Å². The fraction of sp³-hybridized carbons (Fsp3) is 0.120. The number of hydrogen-bond donors (Lipinski definition) is 1. The minimum Gasteiger partial charge on any atom is -0.497 e. The fourth-order valence-electron chi connectivity index (χ4n) is 3.32. The van der Waals surface area contributed by atoms with E-state index >= 15 is 0 Å². The number of hydrogen-bond acceptors (Lipinski definition) is 4. The molecule has 4 aromatic rings. The van der Waals surface area contributed by atoms with Gasteiger partial charge in [0.05, 0.1) is 31.2 Å². The molecule has 1 heterocycles. The van der Waals surface area contributed by atoms with E-state index in [1.165, 1.54) is 0 Å². The van der Waals surface area contributed by atoms with E-state index in [1.807, 2.05) is 79.7 Å². The van der Waals surface area contributed by atoms with E-state index in [0.717, 1.165) is 22.6 Å². The van der Waals surface area contributed by atoms with Crippen molar-refractivity contribution < 1.29 is 14.3 Å². The van der Waals surface area contributed by atoms with E-state index in [-0.39, 0.29) is 5.91 Å². The fourth-order valence-corrected chi connectivity index (χ4v) is 3.32. The zero-order valence-electron chi connectivity index (χ0n) is 17.6. The summed E-state index contributed by atoms with van der Waals surface area (Å²) in [5.41, 5.74) is 4.35. The number of methoxy groups -OCH3 is 2. The number of rotatable bonds is 6. The molecule has 0 spiro atoms. The van der Waals surface area contributed by atoms with Crippen molar-refractivity contribution in [1.29, 1.82) is 0 Å². The Morgan fingerprint density at radius 3 is 2.35 bits per heavy atom. The van der Waals surface area contributed by atoms with Gasteiger partial charge in [-0.05, 0) is 61.0 Å². The van der Waals surface area contributed by atoms with Gasteiger partial charge in [-0.2, -0.15) is 5.10 Å². The summed E-state index contributed by atoms with van der Waals surface area (Å²) in [6.45, 7) is 1.96. The molecular formula is C25H23N3O3. The number of carbonyl (C=O) groups is 1. The average Bonchev–Trinajstić information content (AvgIpc) is 3.26. The van der Waals surface area contributed by atoms with E-state index in [9.17, 15) is 4.79 Å². The zero-order valence-corrected chi connectivity index (χ0v) is 17.6. The van der Waals surface area contributed by atoms with Gasteiger partial charge >= 0.3 is 0 Å². The smallest absolute Gasteiger partial charge is 0.259 e. The van der Waals surface area contributed by atoms with Crippen LogP contribution in [0.15, 0.2) is 79.0 Å². The van der Waals surface area contributed by atoms with Crippen LogP contribution in [-0.4, -0.2) is 29.9 Å². The zero-order chi connectivity index (χ0) is 21.8. The first-order chi connectivity index (χ1) is 15.1. The van der Waals surface area contributed by atoms with Crippen LogP contribution in [0.3, 0.4) is 0 Å². The van der Waals surface area contributed by atoms with Crippen LogP contribution in [0, 0.1) is 6.92 Å². The van der Waals surface area contributed by atoms with E-state index in [2.05, 4.69) is 5.32 Å². The Bertz CT molecular complexity index is 1200. The molecule has 1 N–H and O–H groups in total. The van der Waals surface area contributed by atoms with Gasteiger partial charge in [0.25, 0.3) is 5.91 Å². The molecule has 0 saturated carbocycles. The third-order valence-electron chi connectivity index (χ3n) is 4.95. The third kappa shape index (κ3) is 4.28. The largest absolute Gasteiger partial charge is 0.497 e. The molecular weight excluding hydrogens is 390 g/mol. The number of carbonyl (C=O) groups excluding carboxylic acids is 1. The van der Waals surface area contributed by atoms with Crippen molar-refractivity contribution in [2.24, 2.45) is 0 Å². The highest BCUT2D eigenvalue weighted by atomic mass is 16.5. The van der Waals surface area contributed by atoms with E-state index in [1.54, 1.807) is 25.1 Å². The molecule has 31 heavy (non-hydrogen) atoms. The number of anilines is 1. The minimum atomic E-state index is -0.267. The molecule has 0 bridgehead atoms. The lowest BCUT2D eigenvalue weighted by atomic mass is 10.1. The molecule has 6 nitrogen and oxygen atoms in total. The maximum absolute atomic E-state index is 13.3. The van der Waals surface area contributed by atoms with Crippen LogP contribution >= 0.6 is 0 Å². The highest BCUT2D eigenvalue weighted by molar-refractivity contribution is 6.08. The second kappa shape index (κ2) is 8.75. The van der Waals surface area contributed by atoms with Gasteiger partial charge in [-0.1, -0.05) is 24.3 Å². The Morgan fingerprint density at radius 1 is 0.935 bits per heavy atom. The topological polar surface area (TPSA) is 65.4 Å². The van der Waals surface area contributed by atoms with Crippen LogP contribution in [0.5, 0.6) is 11.5 Å². The van der Waals surface area contributed by atoms with Crippen LogP contribution in [-0.2, 0) is 0 Å². The number of nitrogens with zero attached hydrogens (tertiary/aromatic N) is 2. The molecule has 0 aliphatic heterocycles. The summed E-state index contributed by atoms with van der Waals surface area (Å²) in [6, 6.07) is 22.8.